The van der Waals surface area contributed by atoms with Crippen molar-refractivity contribution in [2.45, 2.75) is 37.9 Å². The minimum Gasteiger partial charge on any atom is -0.378 e. The van der Waals surface area contributed by atoms with Gasteiger partial charge in [0.2, 0.25) is 5.91 Å². The van der Waals surface area contributed by atoms with Crippen molar-refractivity contribution in [3.63, 3.8) is 0 Å². The predicted octanol–water partition coefficient (Wildman–Crippen LogP) is 3.20. The van der Waals surface area contributed by atoms with E-state index >= 15 is 0 Å². The number of rotatable bonds is 4. The monoisotopic (exact) mass is 323 g/mol. The molecule has 5 heteroatoms. The second kappa shape index (κ2) is 7.44. The zero-order chi connectivity index (χ0) is 15.4. The van der Waals surface area contributed by atoms with Gasteiger partial charge < -0.3 is 14.4 Å². The Hall–Kier alpha value is -1.10. The van der Waals surface area contributed by atoms with Crippen molar-refractivity contribution in [3.05, 3.63) is 34.9 Å². The van der Waals surface area contributed by atoms with Gasteiger partial charge in [-0.1, -0.05) is 29.8 Å². The van der Waals surface area contributed by atoms with Gasteiger partial charge in [-0.2, -0.15) is 0 Å². The smallest absolute Gasteiger partial charge is 0.222 e. The normalized spacial score (nSPS) is 25.4. The van der Waals surface area contributed by atoms with E-state index in [1.54, 1.807) is 0 Å². The summed E-state index contributed by atoms with van der Waals surface area (Å²) in [4.78, 5) is 14.3. The van der Waals surface area contributed by atoms with Crippen LogP contribution in [0.1, 0.15) is 37.4 Å². The van der Waals surface area contributed by atoms with E-state index in [-0.39, 0.29) is 18.1 Å². The first-order chi connectivity index (χ1) is 10.7. The molecule has 1 aromatic rings. The highest BCUT2D eigenvalue weighted by Crippen LogP contribution is 2.28. The molecular weight excluding hydrogens is 302 g/mol. The number of halogens is 1. The Morgan fingerprint density at radius 2 is 2.14 bits per heavy atom. The third-order valence-corrected chi connectivity index (χ3v) is 4.72. The van der Waals surface area contributed by atoms with E-state index in [9.17, 15) is 4.79 Å². The molecule has 2 fully saturated rings. The van der Waals surface area contributed by atoms with Crippen molar-refractivity contribution in [2.24, 2.45) is 0 Å². The summed E-state index contributed by atoms with van der Waals surface area (Å²) in [5.74, 6) is 0.191. The number of amides is 1. The molecule has 2 atom stereocenters. The molecule has 0 spiro atoms. The molecule has 1 amide bonds. The fourth-order valence-electron chi connectivity index (χ4n) is 3.11. The average molecular weight is 324 g/mol. The molecule has 3 rings (SSSR count). The summed E-state index contributed by atoms with van der Waals surface area (Å²) in [6, 6.07) is 7.67. The molecule has 0 bridgehead atoms. The third kappa shape index (κ3) is 3.80. The van der Waals surface area contributed by atoms with E-state index in [0.29, 0.717) is 31.1 Å². The van der Waals surface area contributed by atoms with Crippen LogP contribution in [0.4, 0.5) is 0 Å². The van der Waals surface area contributed by atoms with Crippen LogP contribution in [0.2, 0.25) is 5.02 Å². The number of morpholine rings is 1. The van der Waals surface area contributed by atoms with Crippen molar-refractivity contribution in [1.82, 2.24) is 4.90 Å². The second-order valence-electron chi connectivity index (χ2n) is 5.89. The van der Waals surface area contributed by atoms with Crippen molar-refractivity contribution < 1.29 is 14.3 Å². The van der Waals surface area contributed by atoms with E-state index < -0.39 is 0 Å². The maximum Gasteiger partial charge on any atom is 0.222 e. The van der Waals surface area contributed by atoms with Gasteiger partial charge in [-0.25, -0.2) is 0 Å². The van der Waals surface area contributed by atoms with Crippen molar-refractivity contribution in [1.29, 1.82) is 0 Å². The van der Waals surface area contributed by atoms with Gasteiger partial charge in [0, 0.05) is 30.2 Å². The van der Waals surface area contributed by atoms with Gasteiger partial charge in [0.25, 0.3) is 0 Å². The molecule has 2 aliphatic heterocycles. The summed E-state index contributed by atoms with van der Waals surface area (Å²) < 4.78 is 11.4. The number of carbonyl (C=O) groups excluding carboxylic acids is 1. The first-order valence-electron chi connectivity index (χ1n) is 7.99. The molecule has 0 aliphatic carbocycles. The SMILES string of the molecule is O=C(CCC1CCCO1)N1CCOC(c2ccccc2Cl)C1. The highest BCUT2D eigenvalue weighted by Gasteiger charge is 2.27. The van der Waals surface area contributed by atoms with E-state index in [0.717, 1.165) is 31.4 Å². The minimum absolute atomic E-state index is 0.130. The molecule has 2 saturated heterocycles. The summed E-state index contributed by atoms with van der Waals surface area (Å²) in [6.45, 7) is 2.63. The number of ether oxygens (including phenoxy) is 2. The lowest BCUT2D eigenvalue weighted by Gasteiger charge is -2.33. The lowest BCUT2D eigenvalue weighted by molar-refractivity contribution is -0.139. The number of carbonyl (C=O) groups is 1. The molecule has 120 valence electrons. The Labute approximate surface area is 136 Å². The quantitative estimate of drug-likeness (QED) is 0.854. The van der Waals surface area contributed by atoms with Gasteiger partial charge in [0.15, 0.2) is 0 Å². The van der Waals surface area contributed by atoms with Gasteiger partial charge in [-0.3, -0.25) is 4.79 Å². The third-order valence-electron chi connectivity index (χ3n) is 4.38. The molecule has 1 aromatic carbocycles. The Balaban J connectivity index is 1.55. The van der Waals surface area contributed by atoms with Gasteiger partial charge in [-0.05, 0) is 25.3 Å². The van der Waals surface area contributed by atoms with Crippen LogP contribution in [0, 0.1) is 0 Å². The second-order valence-corrected chi connectivity index (χ2v) is 6.30. The number of nitrogens with zero attached hydrogens (tertiary/aromatic N) is 1. The van der Waals surface area contributed by atoms with Crippen LogP contribution < -0.4 is 0 Å². The van der Waals surface area contributed by atoms with Crippen LogP contribution in [0.15, 0.2) is 24.3 Å². The summed E-state index contributed by atoms with van der Waals surface area (Å²) in [6.07, 6.45) is 3.72. The molecule has 2 aliphatic rings. The lowest BCUT2D eigenvalue weighted by atomic mass is 10.1. The maximum absolute atomic E-state index is 12.4. The molecule has 4 nitrogen and oxygen atoms in total. The number of hydrogen-bond donors (Lipinski definition) is 0. The van der Waals surface area contributed by atoms with Crippen molar-refractivity contribution in [2.75, 3.05) is 26.3 Å². The van der Waals surface area contributed by atoms with Crippen LogP contribution in [0.5, 0.6) is 0 Å². The van der Waals surface area contributed by atoms with Gasteiger partial charge in [-0.15, -0.1) is 0 Å². The topological polar surface area (TPSA) is 38.8 Å². The van der Waals surface area contributed by atoms with E-state index in [1.807, 2.05) is 29.2 Å². The Kier molecular flexibility index (Phi) is 5.34. The maximum atomic E-state index is 12.4. The molecule has 22 heavy (non-hydrogen) atoms. The van der Waals surface area contributed by atoms with Gasteiger partial charge >= 0.3 is 0 Å². The summed E-state index contributed by atoms with van der Waals surface area (Å²) in [5.41, 5.74) is 0.959. The molecule has 0 radical (unpaired) electrons. The summed E-state index contributed by atoms with van der Waals surface area (Å²) >= 11 is 6.23. The highest BCUT2D eigenvalue weighted by molar-refractivity contribution is 6.31. The summed E-state index contributed by atoms with van der Waals surface area (Å²) in [7, 11) is 0. The fourth-order valence-corrected chi connectivity index (χ4v) is 3.37. The zero-order valence-corrected chi connectivity index (χ0v) is 13.4. The summed E-state index contributed by atoms with van der Waals surface area (Å²) in [5, 5.41) is 0.696. The Morgan fingerprint density at radius 3 is 2.91 bits per heavy atom. The Morgan fingerprint density at radius 1 is 1.27 bits per heavy atom. The Bertz CT molecular complexity index is 516. The number of hydrogen-bond acceptors (Lipinski definition) is 3. The molecule has 2 unspecified atom stereocenters. The van der Waals surface area contributed by atoms with E-state index in [4.69, 9.17) is 21.1 Å². The molecule has 0 aromatic heterocycles. The number of benzene rings is 1. The van der Waals surface area contributed by atoms with Crippen molar-refractivity contribution in [3.8, 4) is 0 Å². The fraction of sp³-hybridized carbons (Fsp3) is 0.588. The average Bonchev–Trinajstić information content (AvgIpc) is 3.06. The lowest BCUT2D eigenvalue weighted by Crippen LogP contribution is -2.42. The predicted molar refractivity (Wildman–Crippen MR) is 84.9 cm³/mol. The molecule has 0 saturated carbocycles. The van der Waals surface area contributed by atoms with Crippen LogP contribution >= 0.6 is 11.6 Å². The van der Waals surface area contributed by atoms with E-state index in [1.165, 1.54) is 0 Å². The van der Waals surface area contributed by atoms with Gasteiger partial charge in [0.05, 0.1) is 19.3 Å². The zero-order valence-electron chi connectivity index (χ0n) is 12.7. The van der Waals surface area contributed by atoms with E-state index in [2.05, 4.69) is 0 Å². The van der Waals surface area contributed by atoms with Crippen molar-refractivity contribution >= 4 is 17.5 Å². The molecular formula is C17H22ClNO3. The molecule has 2 heterocycles. The largest absolute Gasteiger partial charge is 0.378 e. The highest BCUT2D eigenvalue weighted by atomic mass is 35.5. The van der Waals surface area contributed by atoms with Crippen LogP contribution in [-0.4, -0.2) is 43.2 Å². The standard InChI is InChI=1S/C17H22ClNO3/c18-15-6-2-1-5-14(15)16-12-19(9-11-22-16)17(20)8-7-13-4-3-10-21-13/h1-2,5-6,13,16H,3-4,7-12H2. The van der Waals surface area contributed by atoms with Crippen LogP contribution in [-0.2, 0) is 14.3 Å². The first kappa shape index (κ1) is 15.8. The first-order valence-corrected chi connectivity index (χ1v) is 8.37. The van der Waals surface area contributed by atoms with Crippen LogP contribution in [0.25, 0.3) is 0 Å². The molecule has 0 N–H and O–H groups in total. The van der Waals surface area contributed by atoms with Crippen LogP contribution in [0.3, 0.4) is 0 Å². The minimum atomic E-state index is -0.130. The van der Waals surface area contributed by atoms with Gasteiger partial charge in [0.1, 0.15) is 6.10 Å².